The number of nitrogens with zero attached hydrogens (tertiary/aromatic N) is 4. The lowest BCUT2D eigenvalue weighted by Crippen LogP contribution is -2.41. The van der Waals surface area contributed by atoms with Gasteiger partial charge in [0.05, 0.1) is 6.04 Å². The number of hydrogen-bond acceptors (Lipinski definition) is 5. The number of methoxy groups -OCH3 is 1. The first-order chi connectivity index (χ1) is 14.7. The smallest absolute Gasteiger partial charge is 0.249 e. The summed E-state index contributed by atoms with van der Waals surface area (Å²) in [5.74, 6) is 1.90. The molecule has 1 amide bonds. The minimum Gasteiger partial charge on any atom is -0.375 e. The maximum Gasteiger partial charge on any atom is 0.249 e. The fourth-order valence-corrected chi connectivity index (χ4v) is 4.69. The van der Waals surface area contributed by atoms with E-state index < -0.39 is 0 Å². The van der Waals surface area contributed by atoms with Crippen molar-refractivity contribution in [2.24, 2.45) is 0 Å². The minimum absolute atomic E-state index is 0.0297. The van der Waals surface area contributed by atoms with Crippen LogP contribution in [0.25, 0.3) is 0 Å². The summed E-state index contributed by atoms with van der Waals surface area (Å²) in [6.45, 7) is 4.93. The van der Waals surface area contributed by atoms with E-state index in [1.165, 1.54) is 11.1 Å². The average molecular weight is 409 g/mol. The van der Waals surface area contributed by atoms with Gasteiger partial charge in [-0.3, -0.25) is 4.79 Å². The highest BCUT2D eigenvalue weighted by atomic mass is 16.5. The van der Waals surface area contributed by atoms with Crippen LogP contribution >= 0.6 is 0 Å². The molecule has 0 bridgehead atoms. The van der Waals surface area contributed by atoms with Crippen molar-refractivity contribution < 1.29 is 9.53 Å². The van der Waals surface area contributed by atoms with Crippen LogP contribution in [0, 0.1) is 6.92 Å². The Labute approximate surface area is 179 Å². The second-order valence-corrected chi connectivity index (χ2v) is 8.33. The molecule has 0 radical (unpaired) electrons. The average Bonchev–Trinajstić information content (AvgIpc) is 2.78. The summed E-state index contributed by atoms with van der Waals surface area (Å²) in [7, 11) is 1.57. The molecule has 1 fully saturated rings. The van der Waals surface area contributed by atoms with E-state index >= 15 is 0 Å². The quantitative estimate of drug-likeness (QED) is 0.732. The molecule has 2 aliphatic rings. The summed E-state index contributed by atoms with van der Waals surface area (Å²) in [5.41, 5.74) is 3.67. The Morgan fingerprint density at radius 2 is 1.97 bits per heavy atom. The lowest BCUT2D eigenvalue weighted by Gasteiger charge is -2.36. The van der Waals surface area contributed by atoms with Gasteiger partial charge in [-0.2, -0.15) is 0 Å². The highest BCUT2D eigenvalue weighted by molar-refractivity contribution is 5.78. The highest BCUT2D eigenvalue weighted by Gasteiger charge is 2.32. The molecule has 1 atom stereocenters. The molecule has 1 aromatic carbocycles. The van der Waals surface area contributed by atoms with E-state index in [1.807, 2.05) is 4.90 Å². The van der Waals surface area contributed by atoms with E-state index in [0.29, 0.717) is 0 Å². The van der Waals surface area contributed by atoms with Gasteiger partial charge in [0.25, 0.3) is 0 Å². The highest BCUT2D eigenvalue weighted by Crippen LogP contribution is 2.33. The maximum absolute atomic E-state index is 12.6. The molecule has 2 aliphatic heterocycles. The third kappa shape index (κ3) is 4.48. The Balaban J connectivity index is 1.60. The number of fused-ring (bicyclic) bond motifs is 1. The summed E-state index contributed by atoms with van der Waals surface area (Å²) in [6.07, 6.45) is 6.20. The fourth-order valence-electron chi connectivity index (χ4n) is 4.69. The number of carbonyl (C=O) groups excluding carboxylic acids is 1. The lowest BCUT2D eigenvalue weighted by atomic mass is 9.99. The van der Waals surface area contributed by atoms with Gasteiger partial charge in [0, 0.05) is 38.0 Å². The van der Waals surface area contributed by atoms with Crippen LogP contribution in [0.5, 0.6) is 0 Å². The van der Waals surface area contributed by atoms with Crippen molar-refractivity contribution in [3.05, 3.63) is 53.0 Å². The van der Waals surface area contributed by atoms with E-state index in [1.54, 1.807) is 7.11 Å². The van der Waals surface area contributed by atoms with Gasteiger partial charge in [-0.1, -0.05) is 30.3 Å². The molecule has 6 nitrogen and oxygen atoms in total. The number of anilines is 1. The van der Waals surface area contributed by atoms with Crippen molar-refractivity contribution in [2.75, 3.05) is 38.3 Å². The van der Waals surface area contributed by atoms with Gasteiger partial charge in [-0.05, 0) is 51.0 Å². The predicted octanol–water partition coefficient (Wildman–Crippen LogP) is 3.48. The number of benzene rings is 1. The summed E-state index contributed by atoms with van der Waals surface area (Å²) in [5, 5.41) is 0. The Hall–Kier alpha value is -2.47. The number of carbonyl (C=O) groups is 1. The van der Waals surface area contributed by atoms with Crippen molar-refractivity contribution in [3.63, 3.8) is 0 Å². The first-order valence-electron chi connectivity index (χ1n) is 11.1. The topological polar surface area (TPSA) is 58.6 Å². The van der Waals surface area contributed by atoms with Gasteiger partial charge in [-0.25, -0.2) is 9.97 Å². The summed E-state index contributed by atoms with van der Waals surface area (Å²) in [6, 6.07) is 10.6. The number of ether oxygens (including phenoxy) is 1. The molecule has 1 saturated heterocycles. The molecule has 4 rings (SSSR count). The maximum atomic E-state index is 12.6. The molecular formula is C24H32N4O2. The molecule has 30 heavy (non-hydrogen) atoms. The molecule has 0 spiro atoms. The Kier molecular flexibility index (Phi) is 6.62. The number of aromatic nitrogens is 2. The van der Waals surface area contributed by atoms with Crippen LogP contribution in [0.4, 0.5) is 5.82 Å². The van der Waals surface area contributed by atoms with E-state index in [9.17, 15) is 4.79 Å². The molecule has 160 valence electrons. The molecule has 3 heterocycles. The first-order valence-corrected chi connectivity index (χ1v) is 11.1. The molecule has 6 heteroatoms. The third-order valence-electron chi connectivity index (χ3n) is 6.27. The van der Waals surface area contributed by atoms with Gasteiger partial charge in [0.15, 0.2) is 5.82 Å². The standard InChI is InChI=1S/C24H32N4O2/c1-18-20-11-8-14-27(16-13-19-9-4-3-5-10-19)24(20)26-23(25-18)21-12-6-7-15-28(21)22(29)17-30-2/h3-5,9-10,21H,6-8,11-17H2,1-2H3/t21-/m1/s1. The number of aryl methyl sites for hydroxylation is 1. The zero-order valence-electron chi connectivity index (χ0n) is 18.1. The summed E-state index contributed by atoms with van der Waals surface area (Å²) < 4.78 is 5.11. The molecule has 0 saturated carbocycles. The molecule has 0 N–H and O–H groups in total. The normalized spacial score (nSPS) is 18.9. The Morgan fingerprint density at radius 3 is 2.77 bits per heavy atom. The molecule has 1 aromatic heterocycles. The van der Waals surface area contributed by atoms with Crippen molar-refractivity contribution >= 4 is 11.7 Å². The van der Waals surface area contributed by atoms with Crippen LogP contribution < -0.4 is 4.90 Å². The van der Waals surface area contributed by atoms with Gasteiger partial charge in [0.1, 0.15) is 12.4 Å². The van der Waals surface area contributed by atoms with Gasteiger partial charge < -0.3 is 14.5 Å². The Bertz CT molecular complexity index is 871. The monoisotopic (exact) mass is 408 g/mol. The predicted molar refractivity (Wildman–Crippen MR) is 118 cm³/mol. The first kappa shape index (κ1) is 20.8. The van der Waals surface area contributed by atoms with E-state index in [0.717, 1.165) is 75.5 Å². The van der Waals surface area contributed by atoms with Crippen molar-refractivity contribution in [3.8, 4) is 0 Å². The van der Waals surface area contributed by atoms with Crippen LogP contribution in [0.3, 0.4) is 0 Å². The SMILES string of the molecule is COCC(=O)N1CCCC[C@@H]1c1nc(C)c2c(n1)N(CCc1ccccc1)CCC2. The van der Waals surface area contributed by atoms with Gasteiger partial charge >= 0.3 is 0 Å². The number of likely N-dealkylation sites (tertiary alicyclic amines) is 1. The van der Waals surface area contributed by atoms with Crippen LogP contribution in [-0.2, 0) is 22.4 Å². The lowest BCUT2D eigenvalue weighted by molar-refractivity contribution is -0.139. The Morgan fingerprint density at radius 1 is 1.13 bits per heavy atom. The fraction of sp³-hybridized carbons (Fsp3) is 0.542. The number of piperidine rings is 1. The zero-order chi connectivity index (χ0) is 20.9. The number of rotatable bonds is 6. The van der Waals surface area contributed by atoms with Crippen molar-refractivity contribution in [1.29, 1.82) is 0 Å². The number of amides is 1. The molecule has 0 aliphatic carbocycles. The largest absolute Gasteiger partial charge is 0.375 e. The van der Waals surface area contributed by atoms with Crippen LogP contribution in [0.15, 0.2) is 30.3 Å². The van der Waals surface area contributed by atoms with Crippen molar-refractivity contribution in [1.82, 2.24) is 14.9 Å². The summed E-state index contributed by atoms with van der Waals surface area (Å²) in [4.78, 5) is 26.9. The minimum atomic E-state index is -0.0525. The van der Waals surface area contributed by atoms with Crippen LogP contribution in [0.1, 0.15) is 54.4 Å². The molecular weight excluding hydrogens is 376 g/mol. The number of hydrogen-bond donors (Lipinski definition) is 0. The summed E-state index contributed by atoms with van der Waals surface area (Å²) >= 11 is 0. The zero-order valence-corrected chi connectivity index (χ0v) is 18.1. The van der Waals surface area contributed by atoms with E-state index in [2.05, 4.69) is 42.2 Å². The van der Waals surface area contributed by atoms with Gasteiger partial charge in [0.2, 0.25) is 5.91 Å². The third-order valence-corrected chi connectivity index (χ3v) is 6.27. The molecule has 2 aromatic rings. The second kappa shape index (κ2) is 9.56. The van der Waals surface area contributed by atoms with Gasteiger partial charge in [-0.15, -0.1) is 0 Å². The molecule has 0 unspecified atom stereocenters. The second-order valence-electron chi connectivity index (χ2n) is 8.33. The van der Waals surface area contributed by atoms with Crippen LogP contribution in [0.2, 0.25) is 0 Å². The van der Waals surface area contributed by atoms with E-state index in [-0.39, 0.29) is 18.6 Å². The van der Waals surface area contributed by atoms with E-state index in [4.69, 9.17) is 14.7 Å². The van der Waals surface area contributed by atoms with Crippen molar-refractivity contribution in [2.45, 2.75) is 51.5 Å². The van der Waals surface area contributed by atoms with Crippen LogP contribution in [-0.4, -0.2) is 54.1 Å².